The highest BCUT2D eigenvalue weighted by atomic mass is 16.2. The van der Waals surface area contributed by atoms with Gasteiger partial charge in [-0.1, -0.05) is 20.3 Å². The Hall–Kier alpha value is -1.06. The van der Waals surface area contributed by atoms with Crippen molar-refractivity contribution < 1.29 is 9.59 Å². The number of nitrogens with zero attached hydrogens (tertiary/aromatic N) is 2. The predicted octanol–water partition coefficient (Wildman–Crippen LogP) is 2.43. The van der Waals surface area contributed by atoms with Crippen LogP contribution in [0.1, 0.15) is 58.8 Å². The number of rotatable bonds is 5. The molecule has 2 saturated heterocycles. The summed E-state index contributed by atoms with van der Waals surface area (Å²) in [6, 6.07) is 0.399. The molecule has 0 unspecified atom stereocenters. The highest BCUT2D eigenvalue weighted by Crippen LogP contribution is 2.26. The van der Waals surface area contributed by atoms with E-state index in [-0.39, 0.29) is 17.7 Å². The lowest BCUT2D eigenvalue weighted by Crippen LogP contribution is -2.46. The summed E-state index contributed by atoms with van der Waals surface area (Å²) in [5.41, 5.74) is 0. The smallest absolute Gasteiger partial charge is 0.228 e. The third kappa shape index (κ3) is 3.33. The number of likely N-dealkylation sites (tertiary alicyclic amines) is 2. The Morgan fingerprint density at radius 3 is 2.80 bits per heavy atom. The summed E-state index contributed by atoms with van der Waals surface area (Å²) in [6.07, 6.45) is 7.06. The Bertz CT molecular complexity index is 356. The molecule has 0 saturated carbocycles. The molecule has 0 aromatic heterocycles. The topological polar surface area (TPSA) is 40.6 Å². The Morgan fingerprint density at radius 1 is 1.30 bits per heavy atom. The number of piperidine rings is 1. The van der Waals surface area contributed by atoms with Gasteiger partial charge in [0.15, 0.2) is 0 Å². The largest absolute Gasteiger partial charge is 0.342 e. The Balaban J connectivity index is 1.94. The molecule has 0 aromatic carbocycles. The summed E-state index contributed by atoms with van der Waals surface area (Å²) in [7, 11) is 0. The van der Waals surface area contributed by atoms with Crippen molar-refractivity contribution in [1.29, 1.82) is 0 Å². The molecule has 0 radical (unpaired) electrons. The fourth-order valence-corrected chi connectivity index (χ4v) is 3.45. The predicted molar refractivity (Wildman–Crippen MR) is 79.2 cm³/mol. The zero-order chi connectivity index (χ0) is 14.5. The molecule has 0 N–H and O–H groups in total. The quantitative estimate of drug-likeness (QED) is 0.776. The maximum absolute atomic E-state index is 12.7. The van der Waals surface area contributed by atoms with Crippen LogP contribution in [0.3, 0.4) is 0 Å². The van der Waals surface area contributed by atoms with Crippen LogP contribution in [0.2, 0.25) is 0 Å². The van der Waals surface area contributed by atoms with Gasteiger partial charge in [0.2, 0.25) is 11.8 Å². The van der Waals surface area contributed by atoms with Crippen molar-refractivity contribution in [2.45, 2.75) is 64.8 Å². The third-order valence-corrected chi connectivity index (χ3v) is 4.73. The van der Waals surface area contributed by atoms with E-state index >= 15 is 0 Å². The monoisotopic (exact) mass is 280 g/mol. The van der Waals surface area contributed by atoms with E-state index < -0.39 is 0 Å². The lowest BCUT2D eigenvalue weighted by molar-refractivity contribution is -0.139. The molecule has 2 fully saturated rings. The molecule has 0 spiro atoms. The minimum absolute atomic E-state index is 0.0912. The van der Waals surface area contributed by atoms with Gasteiger partial charge in [-0.15, -0.1) is 0 Å². The van der Waals surface area contributed by atoms with E-state index in [0.717, 1.165) is 45.2 Å². The summed E-state index contributed by atoms with van der Waals surface area (Å²) in [6.45, 7) is 6.63. The lowest BCUT2D eigenvalue weighted by atomic mass is 9.97. The summed E-state index contributed by atoms with van der Waals surface area (Å²) in [5, 5.41) is 0. The highest BCUT2D eigenvalue weighted by Gasteiger charge is 2.38. The molecule has 20 heavy (non-hydrogen) atoms. The average Bonchev–Trinajstić information content (AvgIpc) is 2.85. The second kappa shape index (κ2) is 7.09. The maximum Gasteiger partial charge on any atom is 0.228 e. The van der Waals surface area contributed by atoms with Gasteiger partial charge >= 0.3 is 0 Å². The second-order valence-corrected chi connectivity index (χ2v) is 6.18. The zero-order valence-corrected chi connectivity index (χ0v) is 12.9. The van der Waals surface area contributed by atoms with Gasteiger partial charge in [-0.3, -0.25) is 9.59 Å². The number of hydrogen-bond acceptors (Lipinski definition) is 2. The van der Waals surface area contributed by atoms with Gasteiger partial charge < -0.3 is 9.80 Å². The van der Waals surface area contributed by atoms with Crippen LogP contribution in [0, 0.1) is 5.92 Å². The van der Waals surface area contributed by atoms with Gasteiger partial charge in [0, 0.05) is 32.1 Å². The molecule has 2 aliphatic heterocycles. The molecule has 2 aliphatic rings. The van der Waals surface area contributed by atoms with E-state index in [0.29, 0.717) is 19.0 Å². The summed E-state index contributed by atoms with van der Waals surface area (Å²) in [4.78, 5) is 28.6. The van der Waals surface area contributed by atoms with Gasteiger partial charge in [-0.2, -0.15) is 0 Å². The first-order valence-corrected chi connectivity index (χ1v) is 8.25. The van der Waals surface area contributed by atoms with Crippen LogP contribution < -0.4 is 0 Å². The minimum Gasteiger partial charge on any atom is -0.342 e. The SMILES string of the molecule is CCCCN1C[C@@H](C(=O)N2CCCC[C@@H]2CC)CC1=O. The Kier molecular flexibility index (Phi) is 5.44. The number of carbonyl (C=O) groups is 2. The summed E-state index contributed by atoms with van der Waals surface area (Å²) >= 11 is 0. The van der Waals surface area contributed by atoms with Crippen LogP contribution in [-0.4, -0.2) is 47.3 Å². The van der Waals surface area contributed by atoms with E-state index in [1.165, 1.54) is 6.42 Å². The molecule has 2 amide bonds. The third-order valence-electron chi connectivity index (χ3n) is 4.73. The Morgan fingerprint density at radius 2 is 2.10 bits per heavy atom. The standard InChI is InChI=1S/C16H28N2O2/c1-3-5-9-17-12-13(11-15(17)19)16(20)18-10-7-6-8-14(18)4-2/h13-14H,3-12H2,1-2H3/t13-,14-/m0/s1. The van der Waals surface area contributed by atoms with E-state index in [2.05, 4.69) is 18.7 Å². The molecule has 0 aromatic rings. The van der Waals surface area contributed by atoms with Crippen LogP contribution in [0.5, 0.6) is 0 Å². The first-order chi connectivity index (χ1) is 9.67. The Labute approximate surface area is 122 Å². The van der Waals surface area contributed by atoms with Gasteiger partial charge in [-0.05, 0) is 32.1 Å². The molecular formula is C16H28N2O2. The number of amides is 2. The van der Waals surface area contributed by atoms with Gasteiger partial charge in [-0.25, -0.2) is 0 Å². The van der Waals surface area contributed by atoms with Crippen molar-refractivity contribution in [2.24, 2.45) is 5.92 Å². The van der Waals surface area contributed by atoms with E-state index in [4.69, 9.17) is 0 Å². The molecule has 0 bridgehead atoms. The molecule has 2 atom stereocenters. The van der Waals surface area contributed by atoms with Crippen molar-refractivity contribution >= 4 is 11.8 Å². The van der Waals surface area contributed by atoms with Crippen molar-refractivity contribution in [3.8, 4) is 0 Å². The van der Waals surface area contributed by atoms with Crippen LogP contribution >= 0.6 is 0 Å². The van der Waals surface area contributed by atoms with Crippen molar-refractivity contribution in [3.63, 3.8) is 0 Å². The van der Waals surface area contributed by atoms with E-state index in [9.17, 15) is 9.59 Å². The summed E-state index contributed by atoms with van der Waals surface area (Å²) in [5.74, 6) is 0.303. The number of hydrogen-bond donors (Lipinski definition) is 0. The fourth-order valence-electron chi connectivity index (χ4n) is 3.45. The molecule has 4 heteroatoms. The normalized spacial score (nSPS) is 27.2. The van der Waals surface area contributed by atoms with Crippen LogP contribution in [0.25, 0.3) is 0 Å². The van der Waals surface area contributed by atoms with Crippen molar-refractivity contribution in [1.82, 2.24) is 9.80 Å². The first-order valence-electron chi connectivity index (χ1n) is 8.25. The molecule has 2 rings (SSSR count). The van der Waals surface area contributed by atoms with E-state index in [1.54, 1.807) is 0 Å². The van der Waals surface area contributed by atoms with Crippen molar-refractivity contribution in [2.75, 3.05) is 19.6 Å². The highest BCUT2D eigenvalue weighted by molar-refractivity contribution is 5.89. The lowest BCUT2D eigenvalue weighted by Gasteiger charge is -2.36. The van der Waals surface area contributed by atoms with Crippen LogP contribution in [-0.2, 0) is 9.59 Å². The fraction of sp³-hybridized carbons (Fsp3) is 0.875. The summed E-state index contributed by atoms with van der Waals surface area (Å²) < 4.78 is 0. The average molecular weight is 280 g/mol. The van der Waals surface area contributed by atoms with E-state index in [1.807, 2.05) is 4.90 Å². The molecule has 4 nitrogen and oxygen atoms in total. The van der Waals surface area contributed by atoms with Crippen LogP contribution in [0.4, 0.5) is 0 Å². The first kappa shape index (κ1) is 15.3. The maximum atomic E-state index is 12.7. The van der Waals surface area contributed by atoms with Crippen LogP contribution in [0.15, 0.2) is 0 Å². The second-order valence-electron chi connectivity index (χ2n) is 6.18. The minimum atomic E-state index is -0.0912. The molecule has 0 aliphatic carbocycles. The van der Waals surface area contributed by atoms with Crippen molar-refractivity contribution in [3.05, 3.63) is 0 Å². The van der Waals surface area contributed by atoms with Gasteiger partial charge in [0.05, 0.1) is 5.92 Å². The number of carbonyl (C=O) groups excluding carboxylic acids is 2. The van der Waals surface area contributed by atoms with Gasteiger partial charge in [0.25, 0.3) is 0 Å². The molecule has 2 heterocycles. The van der Waals surface area contributed by atoms with Gasteiger partial charge in [0.1, 0.15) is 0 Å². The zero-order valence-electron chi connectivity index (χ0n) is 12.9. The molecular weight excluding hydrogens is 252 g/mol. The number of unbranched alkanes of at least 4 members (excludes halogenated alkanes) is 1. The molecule has 114 valence electrons.